The van der Waals surface area contributed by atoms with E-state index in [4.69, 9.17) is 16.3 Å². The van der Waals surface area contributed by atoms with Gasteiger partial charge in [-0.15, -0.1) is 10.2 Å². The normalized spacial score (nSPS) is 10.6. The lowest BCUT2D eigenvalue weighted by Gasteiger charge is -2.13. The number of thioether (sulfide) groups is 1. The highest BCUT2D eigenvalue weighted by Crippen LogP contribution is 2.33. The number of para-hydroxylation sites is 3. The van der Waals surface area contributed by atoms with Gasteiger partial charge in [-0.05, 0) is 43.3 Å². The Bertz CT molecular complexity index is 1190. The van der Waals surface area contributed by atoms with Crippen LogP contribution in [0.1, 0.15) is 5.56 Å². The van der Waals surface area contributed by atoms with Gasteiger partial charge >= 0.3 is 0 Å². The van der Waals surface area contributed by atoms with Crippen molar-refractivity contribution in [3.8, 4) is 17.2 Å². The van der Waals surface area contributed by atoms with Crippen molar-refractivity contribution in [3.63, 3.8) is 0 Å². The van der Waals surface area contributed by atoms with Crippen molar-refractivity contribution in [2.75, 3.05) is 11.1 Å². The molecule has 4 rings (SSSR count). The van der Waals surface area contributed by atoms with Crippen molar-refractivity contribution < 1.29 is 9.53 Å². The molecule has 1 aromatic heterocycles. The maximum atomic E-state index is 12.6. The molecule has 1 N–H and O–H groups in total. The van der Waals surface area contributed by atoms with Crippen molar-refractivity contribution in [3.05, 3.63) is 89.7 Å². The standard InChI is InChI=1S/C23H19ClN4O2S/c1-16-10-12-17(13-11-16)28-15-25-27-23(28)31-14-22(29)26-19-7-3-5-9-21(19)30-20-8-4-2-6-18(20)24/h2-13,15H,14H2,1H3,(H,26,29). The fraction of sp³-hybridized carbons (Fsp3) is 0.0870. The number of hydrogen-bond acceptors (Lipinski definition) is 5. The molecule has 0 bridgehead atoms. The van der Waals surface area contributed by atoms with Crippen LogP contribution in [0, 0.1) is 6.92 Å². The predicted molar refractivity (Wildman–Crippen MR) is 123 cm³/mol. The Morgan fingerprint density at radius 3 is 2.52 bits per heavy atom. The minimum atomic E-state index is -0.182. The zero-order valence-corrected chi connectivity index (χ0v) is 18.2. The summed E-state index contributed by atoms with van der Waals surface area (Å²) in [5, 5.41) is 12.1. The minimum Gasteiger partial charge on any atom is -0.454 e. The Kier molecular flexibility index (Phi) is 6.54. The van der Waals surface area contributed by atoms with Gasteiger partial charge in [-0.2, -0.15) is 0 Å². The Hall–Kier alpha value is -3.29. The summed E-state index contributed by atoms with van der Waals surface area (Å²) in [6.07, 6.45) is 1.64. The molecule has 4 aromatic rings. The van der Waals surface area contributed by atoms with Crippen LogP contribution in [0.25, 0.3) is 5.69 Å². The molecule has 156 valence electrons. The smallest absolute Gasteiger partial charge is 0.234 e. The first kappa shape index (κ1) is 21.0. The predicted octanol–water partition coefficient (Wildman–Crippen LogP) is 5.75. The lowest BCUT2D eigenvalue weighted by atomic mass is 10.2. The lowest BCUT2D eigenvalue weighted by Crippen LogP contribution is -2.15. The van der Waals surface area contributed by atoms with Gasteiger partial charge in [-0.25, -0.2) is 0 Å². The van der Waals surface area contributed by atoms with Crippen LogP contribution in [0.3, 0.4) is 0 Å². The second kappa shape index (κ2) is 9.68. The minimum absolute atomic E-state index is 0.172. The number of amides is 1. The van der Waals surface area contributed by atoms with E-state index < -0.39 is 0 Å². The fourth-order valence-electron chi connectivity index (χ4n) is 2.83. The number of hydrogen-bond donors (Lipinski definition) is 1. The van der Waals surface area contributed by atoms with E-state index >= 15 is 0 Å². The van der Waals surface area contributed by atoms with Crippen LogP contribution in [0.15, 0.2) is 84.3 Å². The van der Waals surface area contributed by atoms with Crippen LogP contribution < -0.4 is 10.1 Å². The van der Waals surface area contributed by atoms with Crippen LogP contribution in [0.4, 0.5) is 5.69 Å². The van der Waals surface area contributed by atoms with Crippen molar-refractivity contribution >= 4 is 35.0 Å². The van der Waals surface area contributed by atoms with Crippen LogP contribution in [0.5, 0.6) is 11.5 Å². The fourth-order valence-corrected chi connectivity index (χ4v) is 3.73. The monoisotopic (exact) mass is 450 g/mol. The van der Waals surface area contributed by atoms with Crippen LogP contribution in [0.2, 0.25) is 5.02 Å². The SMILES string of the molecule is Cc1ccc(-n2cnnc2SCC(=O)Nc2ccccc2Oc2ccccc2Cl)cc1. The Morgan fingerprint density at radius 1 is 1.03 bits per heavy atom. The number of nitrogens with one attached hydrogen (secondary N) is 1. The van der Waals surface area contributed by atoms with Gasteiger partial charge in [0.25, 0.3) is 0 Å². The van der Waals surface area contributed by atoms with Gasteiger partial charge in [0.1, 0.15) is 12.1 Å². The van der Waals surface area contributed by atoms with Gasteiger partial charge in [0.05, 0.1) is 16.5 Å². The molecule has 0 fully saturated rings. The molecule has 6 nitrogen and oxygen atoms in total. The number of anilines is 1. The molecule has 0 radical (unpaired) electrons. The number of ether oxygens (including phenoxy) is 1. The van der Waals surface area contributed by atoms with Gasteiger partial charge < -0.3 is 10.1 Å². The topological polar surface area (TPSA) is 69.0 Å². The first-order valence-corrected chi connectivity index (χ1v) is 10.9. The number of benzene rings is 3. The van der Waals surface area contributed by atoms with Crippen LogP contribution in [-0.4, -0.2) is 26.4 Å². The van der Waals surface area contributed by atoms with E-state index in [9.17, 15) is 4.79 Å². The lowest BCUT2D eigenvalue weighted by molar-refractivity contribution is -0.113. The molecule has 1 amide bonds. The summed E-state index contributed by atoms with van der Waals surface area (Å²) in [5.41, 5.74) is 2.67. The number of aromatic nitrogens is 3. The summed E-state index contributed by atoms with van der Waals surface area (Å²) in [6.45, 7) is 2.03. The number of aryl methyl sites for hydroxylation is 1. The van der Waals surface area contributed by atoms with Crippen LogP contribution in [-0.2, 0) is 4.79 Å². The van der Waals surface area contributed by atoms with Gasteiger partial charge in [0, 0.05) is 5.69 Å². The summed E-state index contributed by atoms with van der Waals surface area (Å²) in [4.78, 5) is 12.6. The highest BCUT2D eigenvalue weighted by Gasteiger charge is 2.13. The molecule has 0 saturated heterocycles. The number of nitrogens with zero attached hydrogens (tertiary/aromatic N) is 3. The van der Waals surface area contributed by atoms with Crippen molar-refractivity contribution in [2.24, 2.45) is 0 Å². The molecule has 0 aliphatic carbocycles. The third-order valence-electron chi connectivity index (χ3n) is 4.38. The average Bonchev–Trinajstić information content (AvgIpc) is 3.24. The van der Waals surface area contributed by atoms with E-state index in [-0.39, 0.29) is 11.7 Å². The molecule has 3 aromatic carbocycles. The van der Waals surface area contributed by atoms with Gasteiger partial charge in [-0.1, -0.05) is 65.3 Å². The summed E-state index contributed by atoms with van der Waals surface area (Å²) in [5.74, 6) is 1.02. The summed E-state index contributed by atoms with van der Waals surface area (Å²) < 4.78 is 7.75. The number of carbonyl (C=O) groups excluding carboxylic acids is 1. The van der Waals surface area contributed by atoms with E-state index in [1.54, 1.807) is 30.6 Å². The number of carbonyl (C=O) groups is 1. The molecule has 0 aliphatic heterocycles. The number of rotatable bonds is 7. The molecule has 1 heterocycles. The van der Waals surface area contributed by atoms with Gasteiger partial charge in [0.15, 0.2) is 10.9 Å². The van der Waals surface area contributed by atoms with Crippen LogP contribution >= 0.6 is 23.4 Å². The third-order valence-corrected chi connectivity index (χ3v) is 5.63. The number of halogens is 1. The zero-order chi connectivity index (χ0) is 21.6. The summed E-state index contributed by atoms with van der Waals surface area (Å²) >= 11 is 7.49. The van der Waals surface area contributed by atoms with Crippen molar-refractivity contribution in [1.29, 1.82) is 0 Å². The van der Waals surface area contributed by atoms with Crippen molar-refractivity contribution in [1.82, 2.24) is 14.8 Å². The molecule has 0 unspecified atom stereocenters. The second-order valence-electron chi connectivity index (χ2n) is 6.68. The molecule has 0 aliphatic rings. The maximum Gasteiger partial charge on any atom is 0.234 e. The molecule has 8 heteroatoms. The quantitative estimate of drug-likeness (QED) is 0.363. The van der Waals surface area contributed by atoms with Gasteiger partial charge in [-0.3, -0.25) is 9.36 Å². The summed E-state index contributed by atoms with van der Waals surface area (Å²) in [6, 6.07) is 22.4. The Labute approximate surface area is 189 Å². The molecular formula is C23H19ClN4O2S. The first-order valence-electron chi connectivity index (χ1n) is 9.51. The first-order chi connectivity index (χ1) is 15.1. The van der Waals surface area contributed by atoms with E-state index in [0.717, 1.165) is 5.69 Å². The van der Waals surface area contributed by atoms with E-state index in [0.29, 0.717) is 27.4 Å². The third kappa shape index (κ3) is 5.25. The maximum absolute atomic E-state index is 12.6. The van der Waals surface area contributed by atoms with E-state index in [1.807, 2.05) is 60.0 Å². The zero-order valence-electron chi connectivity index (χ0n) is 16.7. The summed E-state index contributed by atoms with van der Waals surface area (Å²) in [7, 11) is 0. The van der Waals surface area contributed by atoms with Gasteiger partial charge in [0.2, 0.25) is 5.91 Å². The highest BCUT2D eigenvalue weighted by molar-refractivity contribution is 7.99. The molecule has 0 spiro atoms. The highest BCUT2D eigenvalue weighted by atomic mass is 35.5. The van der Waals surface area contributed by atoms with E-state index in [1.165, 1.54) is 17.3 Å². The molecule has 31 heavy (non-hydrogen) atoms. The second-order valence-corrected chi connectivity index (χ2v) is 8.03. The van der Waals surface area contributed by atoms with E-state index in [2.05, 4.69) is 15.5 Å². The molecule has 0 saturated carbocycles. The Morgan fingerprint density at radius 2 is 1.74 bits per heavy atom. The molecule has 0 atom stereocenters. The molecular weight excluding hydrogens is 432 g/mol. The Balaban J connectivity index is 1.42. The largest absolute Gasteiger partial charge is 0.454 e. The average molecular weight is 451 g/mol. The van der Waals surface area contributed by atoms with Crippen molar-refractivity contribution in [2.45, 2.75) is 12.1 Å².